The second-order valence-corrected chi connectivity index (χ2v) is 6.21. The molecule has 1 heterocycles. The van der Waals surface area contributed by atoms with Crippen molar-refractivity contribution in [3.05, 3.63) is 52.5 Å². The lowest BCUT2D eigenvalue weighted by molar-refractivity contribution is -0.384. The Kier molecular flexibility index (Phi) is 3.75. The smallest absolute Gasteiger partial charge is 0.293 e. The normalized spacial score (nSPS) is 11.2. The van der Waals surface area contributed by atoms with Crippen LogP contribution in [0.3, 0.4) is 0 Å². The molecule has 0 aliphatic heterocycles. The fourth-order valence-electron chi connectivity index (χ4n) is 1.63. The highest BCUT2D eigenvalue weighted by molar-refractivity contribution is 7.90. The highest BCUT2D eigenvalue weighted by Gasteiger charge is 2.18. The Morgan fingerprint density at radius 3 is 2.65 bits per heavy atom. The summed E-state index contributed by atoms with van der Waals surface area (Å²) in [4.78, 5) is 10.3. The summed E-state index contributed by atoms with van der Waals surface area (Å²) in [6.45, 7) is 0.343. The molecule has 2 rings (SSSR count). The van der Waals surface area contributed by atoms with Crippen LogP contribution < -0.4 is 5.32 Å². The molecule has 106 valence electrons. The first kappa shape index (κ1) is 14.1. The third-order valence-corrected chi connectivity index (χ3v) is 3.77. The number of nitro groups is 1. The molecule has 2 aromatic rings. The van der Waals surface area contributed by atoms with E-state index in [0.717, 1.165) is 17.9 Å². The van der Waals surface area contributed by atoms with Crippen LogP contribution in [0.2, 0.25) is 0 Å². The minimum atomic E-state index is -3.48. The molecule has 0 atom stereocenters. The molecule has 1 aromatic carbocycles. The molecule has 0 aliphatic rings. The van der Waals surface area contributed by atoms with Gasteiger partial charge in [-0.15, -0.1) is 0 Å². The molecule has 0 amide bonds. The quantitative estimate of drug-likeness (QED) is 0.670. The maximum absolute atomic E-state index is 11.4. The predicted molar refractivity (Wildman–Crippen MR) is 72.2 cm³/mol. The third kappa shape index (κ3) is 3.15. The molecular weight excluding hydrogens is 284 g/mol. The number of nitro benzene ring substituents is 1. The van der Waals surface area contributed by atoms with Crippen LogP contribution in [0.1, 0.15) is 5.56 Å². The van der Waals surface area contributed by atoms with Crippen molar-refractivity contribution in [2.75, 3.05) is 11.6 Å². The van der Waals surface area contributed by atoms with Crippen molar-refractivity contribution in [3.63, 3.8) is 0 Å². The Morgan fingerprint density at radius 1 is 1.35 bits per heavy atom. The number of furan rings is 1. The fraction of sp³-hybridized carbons (Fsp3) is 0.167. The molecule has 0 saturated carbocycles. The van der Waals surface area contributed by atoms with E-state index in [1.165, 1.54) is 24.7 Å². The van der Waals surface area contributed by atoms with Gasteiger partial charge in [0.2, 0.25) is 0 Å². The summed E-state index contributed by atoms with van der Waals surface area (Å²) in [7, 11) is -3.48. The van der Waals surface area contributed by atoms with E-state index >= 15 is 0 Å². The Balaban J connectivity index is 2.31. The lowest BCUT2D eigenvalue weighted by Gasteiger charge is -2.07. The number of hydrogen-bond donors (Lipinski definition) is 1. The van der Waals surface area contributed by atoms with E-state index < -0.39 is 14.8 Å². The number of rotatable bonds is 5. The first-order valence-electron chi connectivity index (χ1n) is 5.61. The van der Waals surface area contributed by atoms with Gasteiger partial charge in [0, 0.05) is 24.4 Å². The molecule has 0 aliphatic carbocycles. The molecule has 0 bridgehead atoms. The topological polar surface area (TPSA) is 102 Å². The number of anilines is 1. The molecule has 1 N–H and O–H groups in total. The van der Waals surface area contributed by atoms with Gasteiger partial charge >= 0.3 is 0 Å². The van der Waals surface area contributed by atoms with Gasteiger partial charge in [-0.25, -0.2) is 8.42 Å². The van der Waals surface area contributed by atoms with Crippen molar-refractivity contribution in [1.82, 2.24) is 0 Å². The van der Waals surface area contributed by atoms with E-state index in [2.05, 4.69) is 5.32 Å². The number of nitrogens with zero attached hydrogens (tertiary/aromatic N) is 1. The Morgan fingerprint density at radius 2 is 2.10 bits per heavy atom. The Hall–Kier alpha value is -2.35. The maximum Gasteiger partial charge on any atom is 0.293 e. The summed E-state index contributed by atoms with van der Waals surface area (Å²) in [5.41, 5.74) is 0.798. The molecule has 7 nitrogen and oxygen atoms in total. The van der Waals surface area contributed by atoms with Crippen molar-refractivity contribution in [2.24, 2.45) is 0 Å². The van der Waals surface area contributed by atoms with Crippen LogP contribution in [0, 0.1) is 10.1 Å². The predicted octanol–water partition coefficient (Wildman–Crippen LogP) is 2.20. The zero-order valence-corrected chi connectivity index (χ0v) is 11.4. The van der Waals surface area contributed by atoms with Crippen LogP contribution >= 0.6 is 0 Å². The van der Waals surface area contributed by atoms with Gasteiger partial charge in [-0.05, 0) is 18.2 Å². The average molecular weight is 296 g/mol. The molecule has 8 heteroatoms. The Labute approximate surface area is 115 Å². The standard InChI is InChI=1S/C12H12N2O5S/c1-20(17,18)10-2-3-11(12(6-10)14(15)16)13-7-9-4-5-19-8-9/h2-6,8,13H,7H2,1H3. The highest BCUT2D eigenvalue weighted by atomic mass is 32.2. The van der Waals surface area contributed by atoms with E-state index in [-0.39, 0.29) is 16.3 Å². The van der Waals surface area contributed by atoms with Gasteiger partial charge in [0.1, 0.15) is 5.69 Å². The van der Waals surface area contributed by atoms with Crippen LogP contribution in [0.4, 0.5) is 11.4 Å². The van der Waals surface area contributed by atoms with Crippen molar-refractivity contribution in [3.8, 4) is 0 Å². The first-order chi connectivity index (χ1) is 9.38. The maximum atomic E-state index is 11.4. The average Bonchev–Trinajstić information content (AvgIpc) is 2.88. The largest absolute Gasteiger partial charge is 0.472 e. The van der Waals surface area contributed by atoms with Crippen molar-refractivity contribution in [2.45, 2.75) is 11.4 Å². The van der Waals surface area contributed by atoms with Crippen molar-refractivity contribution < 1.29 is 17.8 Å². The minimum Gasteiger partial charge on any atom is -0.472 e. The molecule has 20 heavy (non-hydrogen) atoms. The molecular formula is C12H12N2O5S. The molecule has 0 fully saturated rings. The highest BCUT2D eigenvalue weighted by Crippen LogP contribution is 2.28. The summed E-state index contributed by atoms with van der Waals surface area (Å²) >= 11 is 0. The van der Waals surface area contributed by atoms with Crippen LogP contribution in [-0.4, -0.2) is 19.6 Å². The summed E-state index contributed by atoms with van der Waals surface area (Å²) in [5, 5.41) is 13.9. The van der Waals surface area contributed by atoms with Crippen molar-refractivity contribution in [1.29, 1.82) is 0 Å². The molecule has 0 spiro atoms. The lowest BCUT2D eigenvalue weighted by Crippen LogP contribution is -2.04. The zero-order chi connectivity index (χ0) is 14.8. The molecule has 0 unspecified atom stereocenters. The number of nitrogens with one attached hydrogen (secondary N) is 1. The molecule has 0 radical (unpaired) electrons. The number of benzene rings is 1. The SMILES string of the molecule is CS(=O)(=O)c1ccc(NCc2ccoc2)c([N+](=O)[O-])c1. The monoisotopic (exact) mass is 296 g/mol. The minimum absolute atomic E-state index is 0.0851. The Bertz CT molecular complexity index is 722. The number of hydrogen-bond acceptors (Lipinski definition) is 6. The summed E-state index contributed by atoms with van der Waals surface area (Å²) < 4.78 is 27.7. The van der Waals surface area contributed by atoms with E-state index in [1.54, 1.807) is 6.07 Å². The van der Waals surface area contributed by atoms with E-state index in [0.29, 0.717) is 6.54 Å². The molecule has 0 saturated heterocycles. The second kappa shape index (κ2) is 5.33. The van der Waals surface area contributed by atoms with E-state index in [9.17, 15) is 18.5 Å². The van der Waals surface area contributed by atoms with E-state index in [1.807, 2.05) is 0 Å². The van der Waals surface area contributed by atoms with Crippen LogP contribution in [-0.2, 0) is 16.4 Å². The number of sulfone groups is 1. The van der Waals surface area contributed by atoms with Crippen molar-refractivity contribution >= 4 is 21.2 Å². The fourth-order valence-corrected chi connectivity index (χ4v) is 2.27. The van der Waals surface area contributed by atoms with Gasteiger partial charge in [0.15, 0.2) is 9.84 Å². The van der Waals surface area contributed by atoms with Gasteiger partial charge in [-0.3, -0.25) is 10.1 Å². The van der Waals surface area contributed by atoms with Crippen LogP contribution in [0.5, 0.6) is 0 Å². The van der Waals surface area contributed by atoms with E-state index in [4.69, 9.17) is 4.42 Å². The first-order valence-corrected chi connectivity index (χ1v) is 7.50. The van der Waals surface area contributed by atoms with Gasteiger partial charge in [0.05, 0.1) is 22.3 Å². The van der Waals surface area contributed by atoms with Crippen LogP contribution in [0.25, 0.3) is 0 Å². The lowest BCUT2D eigenvalue weighted by atomic mass is 10.2. The summed E-state index contributed by atoms with van der Waals surface area (Å²) in [5.74, 6) is 0. The van der Waals surface area contributed by atoms with Crippen LogP contribution in [0.15, 0.2) is 46.1 Å². The van der Waals surface area contributed by atoms with Gasteiger partial charge in [-0.1, -0.05) is 0 Å². The van der Waals surface area contributed by atoms with Gasteiger partial charge in [-0.2, -0.15) is 0 Å². The zero-order valence-electron chi connectivity index (χ0n) is 10.6. The summed E-state index contributed by atoms with van der Waals surface area (Å²) in [6.07, 6.45) is 4.02. The van der Waals surface area contributed by atoms with Gasteiger partial charge < -0.3 is 9.73 Å². The second-order valence-electron chi connectivity index (χ2n) is 4.19. The molecule has 1 aromatic heterocycles. The third-order valence-electron chi connectivity index (χ3n) is 2.66. The van der Waals surface area contributed by atoms with Gasteiger partial charge in [0.25, 0.3) is 5.69 Å². The summed E-state index contributed by atoms with van der Waals surface area (Å²) in [6, 6.07) is 5.49.